The van der Waals surface area contributed by atoms with Crippen LogP contribution in [-0.2, 0) is 9.53 Å². The highest BCUT2D eigenvalue weighted by atomic mass is 16.6. The molecule has 0 saturated carbocycles. The van der Waals surface area contributed by atoms with Crippen LogP contribution in [0.15, 0.2) is 30.3 Å². The summed E-state index contributed by atoms with van der Waals surface area (Å²) in [4.78, 5) is 24.8. The first-order valence-corrected chi connectivity index (χ1v) is 8.56. The molecule has 0 spiro atoms. The van der Waals surface area contributed by atoms with E-state index in [1.54, 1.807) is 24.3 Å². The summed E-state index contributed by atoms with van der Waals surface area (Å²) < 4.78 is 5.44. The van der Waals surface area contributed by atoms with E-state index in [0.29, 0.717) is 18.5 Å². The molecular weight excluding hydrogens is 316 g/mol. The minimum atomic E-state index is -0.667. The first kappa shape index (κ1) is 20.7. The van der Waals surface area contributed by atoms with Gasteiger partial charge in [0.15, 0.2) is 0 Å². The van der Waals surface area contributed by atoms with E-state index in [1.165, 1.54) is 0 Å². The molecule has 5 heteroatoms. The van der Waals surface area contributed by atoms with Gasteiger partial charge in [0.25, 0.3) is 5.91 Å². The van der Waals surface area contributed by atoms with E-state index in [0.717, 1.165) is 19.4 Å². The maximum atomic E-state index is 12.4. The van der Waals surface area contributed by atoms with E-state index in [4.69, 9.17) is 11.2 Å². The van der Waals surface area contributed by atoms with E-state index >= 15 is 0 Å². The Morgan fingerprint density at radius 2 is 1.88 bits per heavy atom. The van der Waals surface area contributed by atoms with Crippen LogP contribution in [0.3, 0.4) is 0 Å². The fourth-order valence-electron chi connectivity index (χ4n) is 2.21. The van der Waals surface area contributed by atoms with E-state index in [9.17, 15) is 9.59 Å². The van der Waals surface area contributed by atoms with Crippen LogP contribution in [0.25, 0.3) is 0 Å². The van der Waals surface area contributed by atoms with Crippen LogP contribution in [-0.4, -0.2) is 36.6 Å². The van der Waals surface area contributed by atoms with Crippen molar-refractivity contribution < 1.29 is 14.3 Å². The normalized spacial score (nSPS) is 12.1. The summed E-state index contributed by atoms with van der Waals surface area (Å²) in [5.41, 5.74) is -0.0759. The van der Waals surface area contributed by atoms with Gasteiger partial charge in [0.1, 0.15) is 11.6 Å². The molecule has 0 bridgehead atoms. The van der Waals surface area contributed by atoms with E-state index in [2.05, 4.69) is 16.6 Å². The van der Waals surface area contributed by atoms with Gasteiger partial charge in [0.2, 0.25) is 0 Å². The van der Waals surface area contributed by atoms with Crippen molar-refractivity contribution in [2.75, 3.05) is 13.1 Å². The zero-order valence-corrected chi connectivity index (χ0v) is 15.3. The highest BCUT2D eigenvalue weighted by Gasteiger charge is 2.26. The van der Waals surface area contributed by atoms with Gasteiger partial charge in [-0.2, -0.15) is 0 Å². The van der Waals surface area contributed by atoms with Gasteiger partial charge in [-0.3, -0.25) is 4.79 Å². The molecule has 1 aromatic carbocycles. The van der Waals surface area contributed by atoms with Crippen molar-refractivity contribution in [1.82, 2.24) is 10.6 Å². The summed E-state index contributed by atoms with van der Waals surface area (Å²) >= 11 is 0. The van der Waals surface area contributed by atoms with Gasteiger partial charge >= 0.3 is 5.97 Å². The topological polar surface area (TPSA) is 67.4 Å². The monoisotopic (exact) mass is 344 g/mol. The molecule has 136 valence electrons. The van der Waals surface area contributed by atoms with Crippen LogP contribution >= 0.6 is 0 Å². The van der Waals surface area contributed by atoms with Crippen LogP contribution in [0.5, 0.6) is 0 Å². The lowest BCUT2D eigenvalue weighted by atomic mass is 10.1. The second kappa shape index (κ2) is 10.5. The molecule has 2 N–H and O–H groups in total. The highest BCUT2D eigenvalue weighted by molar-refractivity contribution is 5.96. The summed E-state index contributed by atoms with van der Waals surface area (Å²) in [6, 6.07) is 8.17. The van der Waals surface area contributed by atoms with Crippen LogP contribution in [0.2, 0.25) is 0 Å². The Morgan fingerprint density at radius 3 is 2.48 bits per heavy atom. The summed E-state index contributed by atoms with van der Waals surface area (Å²) in [6.07, 6.45) is 7.34. The summed E-state index contributed by atoms with van der Waals surface area (Å²) in [5.74, 6) is 1.83. The molecule has 1 rings (SSSR count). The fraction of sp³-hybridized carbons (Fsp3) is 0.500. The summed E-state index contributed by atoms with van der Waals surface area (Å²) in [7, 11) is 0. The number of amides is 1. The number of esters is 1. The molecule has 1 amide bonds. The van der Waals surface area contributed by atoms with Crippen LogP contribution in [0.4, 0.5) is 0 Å². The van der Waals surface area contributed by atoms with Crippen molar-refractivity contribution in [3.63, 3.8) is 0 Å². The fourth-order valence-corrected chi connectivity index (χ4v) is 2.21. The average Bonchev–Trinajstić information content (AvgIpc) is 2.56. The molecule has 0 saturated heterocycles. The predicted octanol–water partition coefficient (Wildman–Crippen LogP) is 2.52. The van der Waals surface area contributed by atoms with Gasteiger partial charge in [0.05, 0.1) is 6.54 Å². The second-order valence-corrected chi connectivity index (χ2v) is 6.80. The largest absolute Gasteiger partial charge is 0.458 e. The van der Waals surface area contributed by atoms with Crippen molar-refractivity contribution >= 4 is 11.9 Å². The van der Waals surface area contributed by atoms with Gasteiger partial charge in [-0.1, -0.05) is 24.1 Å². The first-order chi connectivity index (χ1) is 11.8. The SMILES string of the molecule is C#CCNCCCC[C@H](NC(=O)c1ccccc1)C(=O)OC(C)(C)C. The molecule has 0 radical (unpaired) electrons. The van der Waals surface area contributed by atoms with E-state index in [1.807, 2.05) is 26.8 Å². The number of benzene rings is 1. The molecule has 0 fully saturated rings. The number of rotatable bonds is 9. The highest BCUT2D eigenvalue weighted by Crippen LogP contribution is 2.12. The molecule has 0 aromatic heterocycles. The number of carbonyl (C=O) groups is 2. The Labute approximate surface area is 150 Å². The number of nitrogens with one attached hydrogen (secondary N) is 2. The lowest BCUT2D eigenvalue weighted by molar-refractivity contribution is -0.157. The Hall–Kier alpha value is -2.32. The molecule has 0 aliphatic carbocycles. The van der Waals surface area contributed by atoms with Gasteiger partial charge in [0, 0.05) is 5.56 Å². The molecule has 25 heavy (non-hydrogen) atoms. The maximum Gasteiger partial charge on any atom is 0.329 e. The lowest BCUT2D eigenvalue weighted by Crippen LogP contribution is -2.44. The Balaban J connectivity index is 2.62. The zero-order chi connectivity index (χ0) is 18.7. The van der Waals surface area contributed by atoms with Crippen molar-refractivity contribution in [2.45, 2.75) is 51.7 Å². The van der Waals surface area contributed by atoms with Crippen molar-refractivity contribution in [3.05, 3.63) is 35.9 Å². The summed E-state index contributed by atoms with van der Waals surface area (Å²) in [5, 5.41) is 5.89. The third-order valence-electron chi connectivity index (χ3n) is 3.36. The minimum Gasteiger partial charge on any atom is -0.458 e. The molecule has 0 aliphatic heterocycles. The lowest BCUT2D eigenvalue weighted by Gasteiger charge is -2.24. The number of unbranched alkanes of at least 4 members (excludes halogenated alkanes) is 1. The van der Waals surface area contributed by atoms with Crippen molar-refractivity contribution in [1.29, 1.82) is 0 Å². The number of carbonyl (C=O) groups excluding carboxylic acids is 2. The van der Waals surface area contributed by atoms with Gasteiger partial charge < -0.3 is 15.4 Å². The molecule has 1 aromatic rings. The molecule has 0 aliphatic rings. The van der Waals surface area contributed by atoms with E-state index in [-0.39, 0.29) is 5.91 Å². The molecule has 0 heterocycles. The van der Waals surface area contributed by atoms with Gasteiger partial charge in [-0.05, 0) is 58.7 Å². The predicted molar refractivity (Wildman–Crippen MR) is 99.1 cm³/mol. The standard InChI is InChI=1S/C20H28N2O3/c1-5-14-21-15-10-9-13-17(19(24)25-20(2,3)4)22-18(23)16-11-7-6-8-12-16/h1,6-8,11-12,17,21H,9-10,13-15H2,2-4H3,(H,22,23)/t17-/m0/s1. The minimum absolute atomic E-state index is 0.276. The van der Waals surface area contributed by atoms with Gasteiger partial charge in [-0.15, -0.1) is 6.42 Å². The second-order valence-electron chi connectivity index (χ2n) is 6.80. The van der Waals surface area contributed by atoms with Crippen LogP contribution < -0.4 is 10.6 Å². The molecule has 5 nitrogen and oxygen atoms in total. The average molecular weight is 344 g/mol. The van der Waals surface area contributed by atoms with Gasteiger partial charge in [-0.25, -0.2) is 4.79 Å². The zero-order valence-electron chi connectivity index (χ0n) is 15.3. The number of hydrogen-bond acceptors (Lipinski definition) is 4. The number of terminal acetylenes is 1. The quantitative estimate of drug-likeness (QED) is 0.410. The molecule has 0 unspecified atom stereocenters. The molecule has 1 atom stereocenters. The third kappa shape index (κ3) is 8.92. The Bertz CT molecular complexity index is 585. The smallest absolute Gasteiger partial charge is 0.329 e. The van der Waals surface area contributed by atoms with Crippen molar-refractivity contribution in [2.24, 2.45) is 0 Å². The Kier molecular flexibility index (Phi) is 8.73. The van der Waals surface area contributed by atoms with Crippen LogP contribution in [0, 0.1) is 12.3 Å². The summed E-state index contributed by atoms with van der Waals surface area (Å²) in [6.45, 7) is 6.73. The Morgan fingerprint density at radius 1 is 1.20 bits per heavy atom. The maximum absolute atomic E-state index is 12.4. The number of hydrogen-bond donors (Lipinski definition) is 2. The third-order valence-corrected chi connectivity index (χ3v) is 3.36. The van der Waals surface area contributed by atoms with E-state index < -0.39 is 17.6 Å². The van der Waals surface area contributed by atoms with Crippen LogP contribution in [0.1, 0.15) is 50.4 Å². The van der Waals surface area contributed by atoms with Crippen molar-refractivity contribution in [3.8, 4) is 12.3 Å². The molecular formula is C20H28N2O3. The first-order valence-electron chi connectivity index (χ1n) is 8.56. The number of ether oxygens (including phenoxy) is 1.